The smallest absolute Gasteiger partial charge is 0.246 e. The molecule has 0 unspecified atom stereocenters. The van der Waals surface area contributed by atoms with Crippen molar-refractivity contribution in [2.75, 3.05) is 11.9 Å². The first-order valence-electron chi connectivity index (χ1n) is 9.41. The quantitative estimate of drug-likeness (QED) is 0.351. The summed E-state index contributed by atoms with van der Waals surface area (Å²) in [5.41, 5.74) is 2.25. The lowest BCUT2D eigenvalue weighted by Crippen LogP contribution is -2.13. The minimum Gasteiger partial charge on any atom is -0.470 e. The number of fused-ring (bicyclic) bond motifs is 1. The highest BCUT2D eigenvalue weighted by Gasteiger charge is 2.12. The zero-order chi connectivity index (χ0) is 21.1. The minimum atomic E-state index is 0. The van der Waals surface area contributed by atoms with Gasteiger partial charge in [0.25, 0.3) is 0 Å². The average molecular weight is 462 g/mol. The van der Waals surface area contributed by atoms with Gasteiger partial charge in [0.05, 0.1) is 22.4 Å². The van der Waals surface area contributed by atoms with Crippen molar-refractivity contribution < 1.29 is 9.53 Å². The number of halogens is 2. The standard InChI is InChI=1S/C20H20ClN7O2.ClH/c1-11(2)7-13(29)10-30-17-6-3-12(8-22-17)19-25-20(28-27-19)24-16-5-4-15-14(18(16)21)9-23-26-15;/h3-6,8-9,11H,7,10H2,1-2H3,(H,23,26)(H2,24,25,27,28);1H. The number of aromatic nitrogens is 6. The van der Waals surface area contributed by atoms with E-state index in [-0.39, 0.29) is 24.8 Å². The molecule has 0 amide bonds. The van der Waals surface area contributed by atoms with Gasteiger partial charge in [-0.3, -0.25) is 15.0 Å². The molecule has 0 aliphatic rings. The van der Waals surface area contributed by atoms with Crippen molar-refractivity contribution in [1.82, 2.24) is 30.4 Å². The number of benzene rings is 1. The molecule has 0 fully saturated rings. The predicted octanol–water partition coefficient (Wildman–Crippen LogP) is 4.56. The SMILES string of the molecule is CC(C)CC(=O)COc1ccc(-c2nc(Nc3ccc4[nH]ncc4c3Cl)n[nH]2)cn1.Cl. The second-order valence-electron chi connectivity index (χ2n) is 7.20. The number of nitrogens with one attached hydrogen (secondary N) is 3. The molecule has 9 nitrogen and oxygen atoms in total. The highest BCUT2D eigenvalue weighted by molar-refractivity contribution is 6.38. The Morgan fingerprint density at radius 3 is 2.77 bits per heavy atom. The normalized spacial score (nSPS) is 10.8. The Morgan fingerprint density at radius 2 is 2.03 bits per heavy atom. The zero-order valence-corrected chi connectivity index (χ0v) is 18.4. The summed E-state index contributed by atoms with van der Waals surface area (Å²) in [5.74, 6) is 1.65. The Labute approximate surface area is 189 Å². The van der Waals surface area contributed by atoms with Gasteiger partial charge >= 0.3 is 0 Å². The van der Waals surface area contributed by atoms with Gasteiger partial charge in [-0.15, -0.1) is 17.5 Å². The molecule has 0 bridgehead atoms. The first-order valence-corrected chi connectivity index (χ1v) is 9.79. The van der Waals surface area contributed by atoms with Crippen LogP contribution in [0.2, 0.25) is 5.02 Å². The molecule has 0 atom stereocenters. The molecule has 0 radical (unpaired) electrons. The number of carbonyl (C=O) groups excluding carboxylic acids is 1. The fourth-order valence-corrected chi connectivity index (χ4v) is 3.18. The van der Waals surface area contributed by atoms with Gasteiger partial charge in [-0.1, -0.05) is 25.4 Å². The Morgan fingerprint density at radius 1 is 1.19 bits per heavy atom. The zero-order valence-electron chi connectivity index (χ0n) is 16.8. The molecule has 4 rings (SSSR count). The fourth-order valence-electron chi connectivity index (χ4n) is 2.92. The highest BCUT2D eigenvalue weighted by Crippen LogP contribution is 2.31. The maximum Gasteiger partial charge on any atom is 0.246 e. The van der Waals surface area contributed by atoms with E-state index in [0.717, 1.165) is 16.5 Å². The molecule has 0 spiro atoms. The number of pyridine rings is 1. The van der Waals surface area contributed by atoms with Gasteiger partial charge in [0.1, 0.15) is 6.61 Å². The van der Waals surface area contributed by atoms with Crippen LogP contribution in [0.25, 0.3) is 22.3 Å². The number of aromatic amines is 2. The second kappa shape index (κ2) is 9.76. The monoisotopic (exact) mass is 461 g/mol. The van der Waals surface area contributed by atoms with Crippen LogP contribution in [0.4, 0.5) is 11.6 Å². The first kappa shape index (κ1) is 22.5. The van der Waals surface area contributed by atoms with E-state index >= 15 is 0 Å². The number of ketones is 1. The summed E-state index contributed by atoms with van der Waals surface area (Å²) < 4.78 is 5.44. The summed E-state index contributed by atoms with van der Waals surface area (Å²) in [6.07, 6.45) is 3.76. The van der Waals surface area contributed by atoms with Gasteiger partial charge in [-0.2, -0.15) is 10.1 Å². The number of hydrogen-bond acceptors (Lipinski definition) is 7. The lowest BCUT2D eigenvalue weighted by molar-refractivity contribution is -0.121. The van der Waals surface area contributed by atoms with E-state index in [1.54, 1.807) is 24.5 Å². The molecule has 11 heteroatoms. The minimum absolute atomic E-state index is 0. The molecule has 3 heterocycles. The molecule has 1 aromatic carbocycles. The summed E-state index contributed by atoms with van der Waals surface area (Å²) in [4.78, 5) is 20.4. The number of anilines is 2. The highest BCUT2D eigenvalue weighted by atomic mass is 35.5. The summed E-state index contributed by atoms with van der Waals surface area (Å²) in [6, 6.07) is 7.19. The topological polar surface area (TPSA) is 121 Å². The van der Waals surface area contributed by atoms with Crippen LogP contribution in [0.3, 0.4) is 0 Å². The first-order chi connectivity index (χ1) is 14.5. The van der Waals surface area contributed by atoms with Crippen LogP contribution in [-0.2, 0) is 4.79 Å². The number of rotatable bonds is 8. The molecule has 4 aromatic rings. The van der Waals surface area contributed by atoms with Crippen molar-refractivity contribution in [3.63, 3.8) is 0 Å². The summed E-state index contributed by atoms with van der Waals surface area (Å²) in [7, 11) is 0. The van der Waals surface area contributed by atoms with Crippen molar-refractivity contribution in [1.29, 1.82) is 0 Å². The molecule has 31 heavy (non-hydrogen) atoms. The Kier molecular flexibility index (Phi) is 7.09. The molecule has 0 saturated heterocycles. The summed E-state index contributed by atoms with van der Waals surface area (Å²) >= 11 is 6.42. The molecular weight excluding hydrogens is 441 g/mol. The van der Waals surface area contributed by atoms with Crippen molar-refractivity contribution >= 4 is 52.3 Å². The fraction of sp³-hybridized carbons (Fsp3) is 0.250. The van der Waals surface area contributed by atoms with Crippen molar-refractivity contribution in [3.05, 3.63) is 41.7 Å². The third-order valence-corrected chi connectivity index (χ3v) is 4.72. The van der Waals surface area contributed by atoms with Crippen LogP contribution in [0.15, 0.2) is 36.7 Å². The number of H-pyrrole nitrogens is 2. The van der Waals surface area contributed by atoms with Crippen molar-refractivity contribution in [2.45, 2.75) is 20.3 Å². The van der Waals surface area contributed by atoms with Crippen LogP contribution in [0.5, 0.6) is 5.88 Å². The molecular formula is C20H21Cl2N7O2. The predicted molar refractivity (Wildman–Crippen MR) is 121 cm³/mol. The largest absolute Gasteiger partial charge is 0.470 e. The van der Waals surface area contributed by atoms with Crippen LogP contribution < -0.4 is 10.1 Å². The van der Waals surface area contributed by atoms with Gasteiger partial charge < -0.3 is 10.1 Å². The Hall–Kier alpha value is -3.17. The maximum absolute atomic E-state index is 11.8. The molecule has 162 valence electrons. The summed E-state index contributed by atoms with van der Waals surface area (Å²) in [6.45, 7) is 4.01. The second-order valence-corrected chi connectivity index (χ2v) is 7.58. The van der Waals surface area contributed by atoms with Gasteiger partial charge in [0.15, 0.2) is 11.6 Å². The van der Waals surface area contributed by atoms with E-state index in [0.29, 0.717) is 40.7 Å². The van der Waals surface area contributed by atoms with E-state index in [1.165, 1.54) is 0 Å². The number of ether oxygens (including phenoxy) is 1. The Balaban J connectivity index is 0.00000272. The maximum atomic E-state index is 11.8. The van der Waals surface area contributed by atoms with Crippen LogP contribution in [0, 0.1) is 5.92 Å². The van der Waals surface area contributed by atoms with Crippen molar-refractivity contribution in [3.8, 4) is 17.3 Å². The van der Waals surface area contributed by atoms with E-state index in [1.807, 2.05) is 26.0 Å². The number of carbonyl (C=O) groups is 1. The van der Waals surface area contributed by atoms with Gasteiger partial charge in [-0.05, 0) is 24.1 Å². The lowest BCUT2D eigenvalue weighted by atomic mass is 10.1. The van der Waals surface area contributed by atoms with E-state index < -0.39 is 0 Å². The molecule has 0 saturated carbocycles. The van der Waals surface area contributed by atoms with Crippen LogP contribution in [0.1, 0.15) is 20.3 Å². The molecule has 3 aromatic heterocycles. The van der Waals surface area contributed by atoms with Crippen molar-refractivity contribution in [2.24, 2.45) is 5.92 Å². The molecule has 3 N–H and O–H groups in total. The van der Waals surface area contributed by atoms with E-state index in [4.69, 9.17) is 16.3 Å². The average Bonchev–Trinajstić information content (AvgIpc) is 3.38. The lowest BCUT2D eigenvalue weighted by Gasteiger charge is -2.06. The molecule has 0 aliphatic carbocycles. The summed E-state index contributed by atoms with van der Waals surface area (Å²) in [5, 5.41) is 18.3. The molecule has 0 aliphatic heterocycles. The third-order valence-electron chi connectivity index (χ3n) is 4.32. The van der Waals surface area contributed by atoms with E-state index in [9.17, 15) is 4.79 Å². The van der Waals surface area contributed by atoms with Gasteiger partial charge in [0, 0.05) is 29.6 Å². The van der Waals surface area contributed by atoms with E-state index in [2.05, 4.69) is 35.7 Å². The number of hydrogen-bond donors (Lipinski definition) is 3. The van der Waals surface area contributed by atoms with Crippen LogP contribution >= 0.6 is 24.0 Å². The number of Topliss-reactive ketones (excluding diaryl/α,β-unsaturated/α-hetero) is 1. The Bertz CT molecular complexity index is 1170. The van der Waals surface area contributed by atoms with Crippen LogP contribution in [-0.4, -0.2) is 42.8 Å². The number of nitrogens with zero attached hydrogens (tertiary/aromatic N) is 4. The van der Waals surface area contributed by atoms with Gasteiger partial charge in [0.2, 0.25) is 11.8 Å². The third kappa shape index (κ3) is 5.31. The van der Waals surface area contributed by atoms with Gasteiger partial charge in [-0.25, -0.2) is 4.98 Å².